The van der Waals surface area contributed by atoms with Gasteiger partial charge in [-0.3, -0.25) is 0 Å². The van der Waals surface area contributed by atoms with E-state index in [1.807, 2.05) is 18.2 Å². The van der Waals surface area contributed by atoms with Crippen LogP contribution in [0.1, 0.15) is 11.1 Å². The van der Waals surface area contributed by atoms with Crippen LogP contribution in [0.3, 0.4) is 0 Å². The molecule has 0 saturated heterocycles. The van der Waals surface area contributed by atoms with Crippen LogP contribution < -0.4 is 9.47 Å². The van der Waals surface area contributed by atoms with Gasteiger partial charge in [-0.25, -0.2) is 4.39 Å². The van der Waals surface area contributed by atoms with Crippen molar-refractivity contribution in [2.75, 3.05) is 7.11 Å². The van der Waals surface area contributed by atoms with E-state index in [0.717, 1.165) is 26.7 Å². The Morgan fingerprint density at radius 2 is 1.95 bits per heavy atom. The quantitative estimate of drug-likeness (QED) is 0.648. The Kier molecular flexibility index (Phi) is 5.43. The van der Waals surface area contributed by atoms with Gasteiger partial charge in [-0.2, -0.15) is 0 Å². The Bertz CT molecular complexity index is 602. The number of alkyl halides is 1. The normalized spacial score (nSPS) is 10.4. The van der Waals surface area contributed by atoms with Crippen molar-refractivity contribution in [2.24, 2.45) is 0 Å². The molecule has 0 atom stereocenters. The summed E-state index contributed by atoms with van der Waals surface area (Å²) in [7, 11) is 1.44. The molecule has 0 aliphatic carbocycles. The van der Waals surface area contributed by atoms with Crippen molar-refractivity contribution in [3.05, 3.63) is 57.8 Å². The first-order valence-corrected chi connectivity index (χ1v) is 7.85. The second kappa shape index (κ2) is 7.09. The van der Waals surface area contributed by atoms with Gasteiger partial charge < -0.3 is 9.47 Å². The molecule has 2 aromatic carbocycles. The predicted molar refractivity (Wildman–Crippen MR) is 84.1 cm³/mol. The van der Waals surface area contributed by atoms with Gasteiger partial charge in [0.05, 0.1) is 7.11 Å². The zero-order chi connectivity index (χ0) is 14.5. The van der Waals surface area contributed by atoms with Gasteiger partial charge in [-0.1, -0.05) is 37.9 Å². The minimum absolute atomic E-state index is 0.235. The van der Waals surface area contributed by atoms with Gasteiger partial charge in [0.15, 0.2) is 11.6 Å². The van der Waals surface area contributed by atoms with Crippen molar-refractivity contribution in [1.82, 2.24) is 0 Å². The van der Waals surface area contributed by atoms with Gasteiger partial charge in [0.2, 0.25) is 0 Å². The first-order chi connectivity index (χ1) is 9.63. The van der Waals surface area contributed by atoms with E-state index < -0.39 is 0 Å². The molecule has 0 radical (unpaired) electrons. The second-order valence-corrected chi connectivity index (χ2v) is 5.56. The predicted octanol–water partition coefficient (Wildman–Crippen LogP) is 5.07. The molecule has 0 amide bonds. The molecule has 0 unspecified atom stereocenters. The molecule has 0 aliphatic heterocycles. The van der Waals surface area contributed by atoms with E-state index in [-0.39, 0.29) is 11.6 Å². The lowest BCUT2D eigenvalue weighted by atomic mass is 10.2. The van der Waals surface area contributed by atoms with Gasteiger partial charge in [0.25, 0.3) is 0 Å². The molecule has 2 rings (SSSR count). The lowest BCUT2D eigenvalue weighted by Gasteiger charge is -2.09. The van der Waals surface area contributed by atoms with Crippen LogP contribution >= 0.6 is 31.9 Å². The third-order valence-electron chi connectivity index (χ3n) is 2.78. The fraction of sp³-hybridized carbons (Fsp3) is 0.200. The van der Waals surface area contributed by atoms with E-state index in [2.05, 4.69) is 31.9 Å². The Balaban J connectivity index is 2.07. The first kappa shape index (κ1) is 15.3. The largest absolute Gasteiger partial charge is 0.494 e. The minimum Gasteiger partial charge on any atom is -0.494 e. The lowest BCUT2D eigenvalue weighted by molar-refractivity contribution is 0.304. The third-order valence-corrected chi connectivity index (χ3v) is 4.16. The van der Waals surface area contributed by atoms with Crippen LogP contribution in [0.5, 0.6) is 11.5 Å². The van der Waals surface area contributed by atoms with Gasteiger partial charge in [-0.15, -0.1) is 0 Å². The summed E-state index contributed by atoms with van der Waals surface area (Å²) in [6, 6.07) is 10.5. The summed E-state index contributed by atoms with van der Waals surface area (Å²) in [4.78, 5) is 0. The van der Waals surface area contributed by atoms with Gasteiger partial charge in [-0.05, 0) is 41.5 Å². The van der Waals surface area contributed by atoms with Crippen LogP contribution in [-0.4, -0.2) is 7.11 Å². The van der Waals surface area contributed by atoms with E-state index in [1.54, 1.807) is 12.1 Å². The summed E-state index contributed by atoms with van der Waals surface area (Å²) < 4.78 is 25.1. The topological polar surface area (TPSA) is 18.5 Å². The Morgan fingerprint density at radius 3 is 2.60 bits per heavy atom. The third kappa shape index (κ3) is 3.73. The van der Waals surface area contributed by atoms with Gasteiger partial charge in [0, 0.05) is 9.80 Å². The van der Waals surface area contributed by atoms with Crippen LogP contribution in [0.25, 0.3) is 0 Å². The van der Waals surface area contributed by atoms with Crippen LogP contribution in [0.4, 0.5) is 4.39 Å². The molecule has 0 heterocycles. The van der Waals surface area contributed by atoms with Crippen LogP contribution in [0, 0.1) is 5.82 Å². The molecular weight excluding hydrogens is 391 g/mol. The number of methoxy groups -OCH3 is 1. The van der Waals surface area contributed by atoms with E-state index >= 15 is 0 Å². The first-order valence-electron chi connectivity index (χ1n) is 5.93. The van der Waals surface area contributed by atoms with E-state index in [1.165, 1.54) is 13.2 Å². The standard InChI is InChI=1S/C15H13Br2FO2/c1-19-15-5-2-10(6-14(15)18)9-20-12-3-4-13(17)11(7-12)8-16/h2-7H,8-9H2,1H3. The number of halogens is 3. The maximum Gasteiger partial charge on any atom is 0.165 e. The monoisotopic (exact) mass is 402 g/mol. The van der Waals surface area contributed by atoms with E-state index in [9.17, 15) is 4.39 Å². The highest BCUT2D eigenvalue weighted by Gasteiger charge is 2.05. The highest BCUT2D eigenvalue weighted by Crippen LogP contribution is 2.25. The zero-order valence-corrected chi connectivity index (χ0v) is 14.0. The van der Waals surface area contributed by atoms with Crippen molar-refractivity contribution in [3.8, 4) is 11.5 Å². The fourth-order valence-electron chi connectivity index (χ4n) is 1.71. The second-order valence-electron chi connectivity index (χ2n) is 4.14. The molecule has 5 heteroatoms. The summed E-state index contributed by atoms with van der Waals surface area (Å²) in [6.07, 6.45) is 0. The van der Waals surface area contributed by atoms with Gasteiger partial charge in [0.1, 0.15) is 12.4 Å². The maximum atomic E-state index is 13.6. The summed E-state index contributed by atoms with van der Waals surface area (Å²) >= 11 is 6.88. The molecule has 20 heavy (non-hydrogen) atoms. The molecular formula is C15H13Br2FO2. The number of rotatable bonds is 5. The fourth-order valence-corrected chi connectivity index (χ4v) is 2.94. The van der Waals surface area contributed by atoms with Crippen molar-refractivity contribution >= 4 is 31.9 Å². The molecule has 0 aliphatic rings. The van der Waals surface area contributed by atoms with Crippen molar-refractivity contribution in [2.45, 2.75) is 11.9 Å². The Hall–Kier alpha value is -1.07. The summed E-state index contributed by atoms with van der Waals surface area (Å²) in [5.41, 5.74) is 1.86. The summed E-state index contributed by atoms with van der Waals surface area (Å²) in [5, 5.41) is 0.738. The summed E-state index contributed by atoms with van der Waals surface area (Å²) in [5.74, 6) is 0.600. The summed E-state index contributed by atoms with van der Waals surface area (Å²) in [6.45, 7) is 0.310. The van der Waals surface area contributed by atoms with Crippen LogP contribution in [0.15, 0.2) is 40.9 Å². The van der Waals surface area contributed by atoms with E-state index in [4.69, 9.17) is 9.47 Å². The van der Waals surface area contributed by atoms with Crippen molar-refractivity contribution in [3.63, 3.8) is 0 Å². The minimum atomic E-state index is -0.384. The maximum absolute atomic E-state index is 13.6. The number of hydrogen-bond donors (Lipinski definition) is 0. The molecule has 0 N–H and O–H groups in total. The number of ether oxygens (including phenoxy) is 2. The van der Waals surface area contributed by atoms with Crippen LogP contribution in [0.2, 0.25) is 0 Å². The molecule has 2 nitrogen and oxygen atoms in total. The average Bonchev–Trinajstić information content (AvgIpc) is 2.46. The molecule has 0 bridgehead atoms. The van der Waals surface area contributed by atoms with Crippen molar-refractivity contribution in [1.29, 1.82) is 0 Å². The number of benzene rings is 2. The molecule has 2 aromatic rings. The molecule has 0 fully saturated rings. The molecule has 0 saturated carbocycles. The molecule has 0 aromatic heterocycles. The Morgan fingerprint density at radius 1 is 1.15 bits per heavy atom. The lowest BCUT2D eigenvalue weighted by Crippen LogP contribution is -1.98. The van der Waals surface area contributed by atoms with Crippen LogP contribution in [-0.2, 0) is 11.9 Å². The highest BCUT2D eigenvalue weighted by molar-refractivity contribution is 9.10. The number of hydrogen-bond acceptors (Lipinski definition) is 2. The van der Waals surface area contributed by atoms with E-state index in [0.29, 0.717) is 6.61 Å². The average molecular weight is 404 g/mol. The zero-order valence-electron chi connectivity index (χ0n) is 10.8. The smallest absolute Gasteiger partial charge is 0.165 e. The molecule has 106 valence electrons. The van der Waals surface area contributed by atoms with Gasteiger partial charge >= 0.3 is 0 Å². The highest BCUT2D eigenvalue weighted by atomic mass is 79.9. The Labute approximate surface area is 134 Å². The molecule has 0 spiro atoms. The van der Waals surface area contributed by atoms with Crippen molar-refractivity contribution < 1.29 is 13.9 Å². The SMILES string of the molecule is COc1ccc(COc2ccc(Br)c(CBr)c2)cc1F.